The van der Waals surface area contributed by atoms with E-state index in [9.17, 15) is 4.79 Å². The first-order valence-electron chi connectivity index (χ1n) is 4.59. The average molecular weight is 237 g/mol. The van der Waals surface area contributed by atoms with Gasteiger partial charge in [0, 0.05) is 7.05 Å². The molecule has 0 unspecified atom stereocenters. The molecule has 0 aliphatic rings. The van der Waals surface area contributed by atoms with Crippen molar-refractivity contribution in [1.29, 1.82) is 0 Å². The van der Waals surface area contributed by atoms with Gasteiger partial charge in [-0.2, -0.15) is 0 Å². The molecule has 0 radical (unpaired) electrons. The van der Waals surface area contributed by atoms with Gasteiger partial charge in [-0.05, 0) is 12.1 Å². The summed E-state index contributed by atoms with van der Waals surface area (Å²) in [6.07, 6.45) is 1.53. The summed E-state index contributed by atoms with van der Waals surface area (Å²) < 4.78 is 1.46. The summed E-state index contributed by atoms with van der Waals surface area (Å²) in [5.41, 5.74) is 0.808. The minimum Gasteiger partial charge on any atom is -0.319 e. The van der Waals surface area contributed by atoms with E-state index in [1.807, 2.05) is 0 Å². The van der Waals surface area contributed by atoms with E-state index in [0.29, 0.717) is 10.7 Å². The Bertz CT molecular complexity index is 523. The molecule has 2 aromatic rings. The molecule has 5 nitrogen and oxygen atoms in total. The van der Waals surface area contributed by atoms with Crippen LogP contribution in [0.1, 0.15) is 10.5 Å². The largest absolute Gasteiger partial charge is 0.319 e. The summed E-state index contributed by atoms with van der Waals surface area (Å²) in [7, 11) is 1.69. The maximum Gasteiger partial charge on any atom is 0.277 e. The molecule has 0 saturated heterocycles. The number of halogens is 1. The van der Waals surface area contributed by atoms with E-state index in [2.05, 4.69) is 15.6 Å². The molecule has 0 saturated carbocycles. The average Bonchev–Trinajstić information content (AvgIpc) is 2.68. The Balaban J connectivity index is 2.17. The van der Waals surface area contributed by atoms with E-state index in [-0.39, 0.29) is 11.6 Å². The van der Waals surface area contributed by atoms with Crippen LogP contribution >= 0.6 is 11.6 Å². The summed E-state index contributed by atoms with van der Waals surface area (Å²) in [5, 5.41) is 10.5. The number of nitrogens with zero attached hydrogens (tertiary/aromatic N) is 3. The minimum absolute atomic E-state index is 0.252. The molecule has 2 rings (SSSR count). The van der Waals surface area contributed by atoms with Gasteiger partial charge >= 0.3 is 0 Å². The van der Waals surface area contributed by atoms with E-state index < -0.39 is 0 Å². The highest BCUT2D eigenvalue weighted by Gasteiger charge is 2.11. The fourth-order valence-electron chi connectivity index (χ4n) is 1.20. The molecule has 0 atom stereocenters. The summed E-state index contributed by atoms with van der Waals surface area (Å²) in [5.74, 6) is -0.332. The summed E-state index contributed by atoms with van der Waals surface area (Å²) in [6, 6.07) is 7.00. The number of hydrogen-bond donors (Lipinski definition) is 1. The van der Waals surface area contributed by atoms with Crippen LogP contribution < -0.4 is 5.32 Å². The van der Waals surface area contributed by atoms with Crippen molar-refractivity contribution in [2.24, 2.45) is 7.05 Å². The molecule has 16 heavy (non-hydrogen) atoms. The Hall–Kier alpha value is -1.88. The van der Waals surface area contributed by atoms with Crippen molar-refractivity contribution in [3.63, 3.8) is 0 Å². The second-order valence-corrected chi connectivity index (χ2v) is 3.62. The molecular weight excluding hydrogens is 228 g/mol. The molecule has 0 fully saturated rings. The fraction of sp³-hybridized carbons (Fsp3) is 0.100. The molecule has 0 aliphatic carbocycles. The van der Waals surface area contributed by atoms with Crippen molar-refractivity contribution in [3.8, 4) is 0 Å². The second-order valence-electron chi connectivity index (χ2n) is 3.21. The van der Waals surface area contributed by atoms with E-state index in [1.165, 1.54) is 10.9 Å². The van der Waals surface area contributed by atoms with Crippen molar-refractivity contribution >= 4 is 23.2 Å². The SMILES string of the molecule is Cn1cc(C(=O)Nc2ccccc2Cl)nn1. The molecule has 1 heterocycles. The third kappa shape index (κ3) is 2.20. The van der Waals surface area contributed by atoms with Gasteiger partial charge in [-0.1, -0.05) is 28.9 Å². The number of carbonyl (C=O) groups is 1. The normalized spacial score (nSPS) is 10.1. The van der Waals surface area contributed by atoms with Gasteiger partial charge in [-0.15, -0.1) is 5.10 Å². The number of rotatable bonds is 2. The van der Waals surface area contributed by atoms with Crippen LogP contribution in [0.2, 0.25) is 5.02 Å². The second kappa shape index (κ2) is 4.32. The van der Waals surface area contributed by atoms with Gasteiger partial charge in [0.05, 0.1) is 16.9 Å². The molecule has 0 bridgehead atoms. The monoisotopic (exact) mass is 236 g/mol. The molecule has 6 heteroatoms. The van der Waals surface area contributed by atoms with Crippen LogP contribution in [0.5, 0.6) is 0 Å². The predicted octanol–water partition coefficient (Wildman–Crippen LogP) is 1.72. The van der Waals surface area contributed by atoms with Gasteiger partial charge < -0.3 is 5.32 Å². The van der Waals surface area contributed by atoms with Crippen LogP contribution in [0, 0.1) is 0 Å². The van der Waals surface area contributed by atoms with Gasteiger partial charge in [0.15, 0.2) is 5.69 Å². The lowest BCUT2D eigenvalue weighted by Gasteiger charge is -2.04. The zero-order valence-electron chi connectivity index (χ0n) is 8.51. The van der Waals surface area contributed by atoms with E-state index >= 15 is 0 Å². The van der Waals surface area contributed by atoms with Gasteiger partial charge in [0.2, 0.25) is 0 Å². The van der Waals surface area contributed by atoms with Crippen LogP contribution in [0.4, 0.5) is 5.69 Å². The highest BCUT2D eigenvalue weighted by atomic mass is 35.5. The number of hydrogen-bond acceptors (Lipinski definition) is 3. The third-order valence-electron chi connectivity index (χ3n) is 1.96. The molecule has 0 spiro atoms. The number of nitrogens with one attached hydrogen (secondary N) is 1. The molecule has 82 valence electrons. The van der Waals surface area contributed by atoms with Gasteiger partial charge in [-0.25, -0.2) is 0 Å². The highest BCUT2D eigenvalue weighted by molar-refractivity contribution is 6.33. The maximum atomic E-state index is 11.7. The number of anilines is 1. The minimum atomic E-state index is -0.332. The molecule has 1 N–H and O–H groups in total. The van der Waals surface area contributed by atoms with Gasteiger partial charge in [-0.3, -0.25) is 9.48 Å². The first kappa shape index (κ1) is 10.6. The Labute approximate surface area is 97.0 Å². The number of amides is 1. The molecule has 1 aromatic carbocycles. The number of aryl methyl sites for hydroxylation is 1. The van der Waals surface area contributed by atoms with Crippen LogP contribution in [-0.2, 0) is 7.05 Å². The van der Waals surface area contributed by atoms with Crippen LogP contribution in [-0.4, -0.2) is 20.9 Å². The molecule has 1 amide bonds. The number of carbonyl (C=O) groups excluding carboxylic acids is 1. The lowest BCUT2D eigenvalue weighted by Crippen LogP contribution is -2.12. The van der Waals surface area contributed by atoms with E-state index in [0.717, 1.165) is 0 Å². The smallest absolute Gasteiger partial charge is 0.277 e. The van der Waals surface area contributed by atoms with E-state index in [4.69, 9.17) is 11.6 Å². The first-order valence-corrected chi connectivity index (χ1v) is 4.97. The molecule has 1 aromatic heterocycles. The quantitative estimate of drug-likeness (QED) is 0.864. The maximum absolute atomic E-state index is 11.7. The molecular formula is C10H9ClN4O. The van der Waals surface area contributed by atoms with Crippen molar-refractivity contribution in [3.05, 3.63) is 41.2 Å². The third-order valence-corrected chi connectivity index (χ3v) is 2.29. The zero-order valence-corrected chi connectivity index (χ0v) is 9.27. The first-order chi connectivity index (χ1) is 7.66. The Morgan fingerprint density at radius 3 is 2.81 bits per heavy atom. The van der Waals surface area contributed by atoms with Gasteiger partial charge in [0.25, 0.3) is 5.91 Å². The Morgan fingerprint density at radius 2 is 2.19 bits per heavy atom. The van der Waals surface area contributed by atoms with Crippen molar-refractivity contribution in [2.45, 2.75) is 0 Å². The summed E-state index contributed by atoms with van der Waals surface area (Å²) in [6.45, 7) is 0. The van der Waals surface area contributed by atoms with Crippen molar-refractivity contribution in [2.75, 3.05) is 5.32 Å². The lowest BCUT2D eigenvalue weighted by molar-refractivity contribution is 0.102. The Kier molecular flexibility index (Phi) is 2.87. The summed E-state index contributed by atoms with van der Waals surface area (Å²) in [4.78, 5) is 11.7. The number of benzene rings is 1. The zero-order chi connectivity index (χ0) is 11.5. The number of aromatic nitrogens is 3. The topological polar surface area (TPSA) is 59.8 Å². The summed E-state index contributed by atoms with van der Waals surface area (Å²) >= 11 is 5.91. The highest BCUT2D eigenvalue weighted by Crippen LogP contribution is 2.20. The number of para-hydroxylation sites is 1. The standard InChI is InChI=1S/C10H9ClN4O/c1-15-6-9(13-14-15)10(16)12-8-5-3-2-4-7(8)11/h2-6H,1H3,(H,12,16). The Morgan fingerprint density at radius 1 is 1.44 bits per heavy atom. The fourth-order valence-corrected chi connectivity index (χ4v) is 1.38. The molecule has 0 aliphatic heterocycles. The van der Waals surface area contributed by atoms with E-state index in [1.54, 1.807) is 31.3 Å². The van der Waals surface area contributed by atoms with Gasteiger partial charge in [0.1, 0.15) is 0 Å². The van der Waals surface area contributed by atoms with Crippen molar-refractivity contribution in [1.82, 2.24) is 15.0 Å². The van der Waals surface area contributed by atoms with Crippen LogP contribution in [0.3, 0.4) is 0 Å². The lowest BCUT2D eigenvalue weighted by atomic mass is 10.3. The van der Waals surface area contributed by atoms with Crippen LogP contribution in [0.25, 0.3) is 0 Å². The van der Waals surface area contributed by atoms with Crippen molar-refractivity contribution < 1.29 is 4.79 Å². The van der Waals surface area contributed by atoms with Crippen LogP contribution in [0.15, 0.2) is 30.5 Å². The predicted molar refractivity (Wildman–Crippen MR) is 60.4 cm³/mol.